The van der Waals surface area contributed by atoms with Gasteiger partial charge in [-0.05, 0) is 22.0 Å². The van der Waals surface area contributed by atoms with E-state index in [1.807, 2.05) is 6.07 Å². The van der Waals surface area contributed by atoms with E-state index in [0.717, 1.165) is 15.9 Å². The molecule has 1 aromatic rings. The molecule has 1 amide bonds. The van der Waals surface area contributed by atoms with Crippen molar-refractivity contribution in [2.24, 2.45) is 0 Å². The zero-order chi connectivity index (χ0) is 12.0. The van der Waals surface area contributed by atoms with E-state index in [0.29, 0.717) is 17.6 Å². The first-order valence-electron chi connectivity index (χ1n) is 5.25. The number of hydrogen-bond acceptors (Lipinski definition) is 4. The average molecular weight is 338 g/mol. The van der Waals surface area contributed by atoms with E-state index in [9.17, 15) is 4.79 Å². The van der Waals surface area contributed by atoms with Gasteiger partial charge in [-0.3, -0.25) is 9.69 Å². The van der Waals surface area contributed by atoms with E-state index >= 15 is 0 Å². The van der Waals surface area contributed by atoms with E-state index in [2.05, 4.69) is 26.1 Å². The Bertz CT molecular complexity index is 448. The Kier molecular flexibility index (Phi) is 3.16. The summed E-state index contributed by atoms with van der Waals surface area (Å²) in [6, 6.07) is 1.81. The molecule has 2 saturated heterocycles. The monoisotopic (exact) mass is 336 g/mol. The first-order valence-corrected chi connectivity index (χ1v) is 7.24. The van der Waals surface area contributed by atoms with Gasteiger partial charge in [0.2, 0.25) is 5.91 Å². The molecule has 17 heavy (non-hydrogen) atoms. The lowest BCUT2D eigenvalue weighted by Gasteiger charge is -2.30. The van der Waals surface area contributed by atoms with Gasteiger partial charge in [-0.1, -0.05) is 11.6 Å². The van der Waals surface area contributed by atoms with Gasteiger partial charge < -0.3 is 10.1 Å². The number of fused-ring (bicyclic) bond motifs is 1. The molecule has 0 unspecified atom stereocenters. The first kappa shape index (κ1) is 11.9. The van der Waals surface area contributed by atoms with Crippen molar-refractivity contribution in [1.29, 1.82) is 0 Å². The molecule has 1 aromatic heterocycles. The maximum atomic E-state index is 11.8. The maximum Gasteiger partial charge on any atom is 0.241 e. The van der Waals surface area contributed by atoms with E-state index < -0.39 is 0 Å². The van der Waals surface area contributed by atoms with Crippen molar-refractivity contribution < 1.29 is 9.53 Å². The molecule has 0 bridgehead atoms. The number of thiophene rings is 1. The summed E-state index contributed by atoms with van der Waals surface area (Å²) >= 11 is 10.9. The number of nitrogens with zero attached hydrogens (tertiary/aromatic N) is 1. The highest BCUT2D eigenvalue weighted by atomic mass is 79.9. The third-order valence-electron chi connectivity index (χ3n) is 3.02. The minimum atomic E-state index is -0.159. The highest BCUT2D eigenvalue weighted by molar-refractivity contribution is 9.10. The lowest BCUT2D eigenvalue weighted by Crippen LogP contribution is -2.44. The predicted molar refractivity (Wildman–Crippen MR) is 69.2 cm³/mol. The molecule has 92 valence electrons. The summed E-state index contributed by atoms with van der Waals surface area (Å²) in [5.41, 5.74) is 0. The molecule has 1 N–H and O–H groups in total. The molecule has 7 heteroatoms. The second-order valence-electron chi connectivity index (χ2n) is 4.01. The minimum Gasteiger partial charge on any atom is -0.378 e. The number of amides is 1. The Balaban J connectivity index is 1.90. The van der Waals surface area contributed by atoms with Gasteiger partial charge in [0.1, 0.15) is 16.5 Å². The van der Waals surface area contributed by atoms with E-state index in [1.165, 1.54) is 11.3 Å². The Hall–Kier alpha value is -0.140. The molecule has 2 aliphatic rings. The molecule has 0 aromatic carbocycles. The Morgan fingerprint density at radius 3 is 3.18 bits per heavy atom. The van der Waals surface area contributed by atoms with E-state index in [4.69, 9.17) is 16.3 Å². The molecule has 0 spiro atoms. The van der Waals surface area contributed by atoms with Crippen LogP contribution < -0.4 is 5.32 Å². The van der Waals surface area contributed by atoms with Gasteiger partial charge in [0.15, 0.2) is 0 Å². The number of morpholine rings is 1. The van der Waals surface area contributed by atoms with E-state index in [1.54, 1.807) is 0 Å². The molecule has 4 nitrogen and oxygen atoms in total. The third-order valence-corrected chi connectivity index (χ3v) is 5.54. The quantitative estimate of drug-likeness (QED) is 0.852. The Morgan fingerprint density at radius 2 is 2.47 bits per heavy atom. The molecule has 2 aliphatic heterocycles. The lowest BCUT2D eigenvalue weighted by molar-refractivity contribution is -0.125. The fourth-order valence-electron chi connectivity index (χ4n) is 2.20. The van der Waals surface area contributed by atoms with Crippen molar-refractivity contribution in [1.82, 2.24) is 10.2 Å². The smallest absolute Gasteiger partial charge is 0.241 e. The standard InChI is InChI=1S/C10H10BrClN2O2S/c11-5-3-7(17-8(5)12)9-13-10(15)6-4-16-2-1-14(6)9/h3,6,9H,1-2,4H2,(H,13,15)/t6-,9-/m0/s1. The summed E-state index contributed by atoms with van der Waals surface area (Å²) in [4.78, 5) is 15.0. The Labute approximate surface area is 116 Å². The molecule has 3 heterocycles. The van der Waals surface area contributed by atoms with Gasteiger partial charge in [0.05, 0.1) is 13.2 Å². The fraction of sp³-hybridized carbons (Fsp3) is 0.500. The first-order chi connectivity index (χ1) is 8.16. The van der Waals surface area contributed by atoms with Crippen LogP contribution in [0.3, 0.4) is 0 Å². The van der Waals surface area contributed by atoms with Gasteiger partial charge in [-0.15, -0.1) is 11.3 Å². The van der Waals surface area contributed by atoms with Crippen LogP contribution in [0.4, 0.5) is 0 Å². The average Bonchev–Trinajstić information content (AvgIpc) is 2.82. The van der Waals surface area contributed by atoms with Crippen LogP contribution >= 0.6 is 38.9 Å². The van der Waals surface area contributed by atoms with Crippen LogP contribution in [0.2, 0.25) is 4.34 Å². The maximum absolute atomic E-state index is 11.8. The molecule has 2 atom stereocenters. The van der Waals surface area contributed by atoms with Crippen molar-refractivity contribution in [3.63, 3.8) is 0 Å². The van der Waals surface area contributed by atoms with Crippen LogP contribution in [0.1, 0.15) is 11.0 Å². The van der Waals surface area contributed by atoms with Gasteiger partial charge in [-0.2, -0.15) is 0 Å². The number of hydrogen-bond donors (Lipinski definition) is 1. The molecule has 3 rings (SSSR count). The number of rotatable bonds is 1. The van der Waals surface area contributed by atoms with Crippen LogP contribution in [-0.2, 0) is 9.53 Å². The zero-order valence-electron chi connectivity index (χ0n) is 8.78. The molecular formula is C10H10BrClN2O2S. The SMILES string of the molecule is O=C1N[C@H](c2cc(Br)c(Cl)s2)N2CCOC[C@@H]12. The van der Waals surface area contributed by atoms with Crippen molar-refractivity contribution in [2.75, 3.05) is 19.8 Å². The Morgan fingerprint density at radius 1 is 1.65 bits per heavy atom. The number of carbonyl (C=O) groups is 1. The molecule has 0 aliphatic carbocycles. The van der Waals surface area contributed by atoms with Crippen LogP contribution in [0.25, 0.3) is 0 Å². The van der Waals surface area contributed by atoms with Crippen LogP contribution in [-0.4, -0.2) is 36.6 Å². The number of ether oxygens (including phenoxy) is 1. The molecule has 2 fully saturated rings. The summed E-state index contributed by atoms with van der Waals surface area (Å²) in [7, 11) is 0. The van der Waals surface area contributed by atoms with Gasteiger partial charge >= 0.3 is 0 Å². The highest BCUT2D eigenvalue weighted by Crippen LogP contribution is 2.38. The third kappa shape index (κ3) is 2.02. The predicted octanol–water partition coefficient (Wildman–Crippen LogP) is 1.99. The fourth-order valence-corrected chi connectivity index (χ4v) is 4.01. The normalized spacial score (nSPS) is 29.2. The second kappa shape index (κ2) is 4.51. The van der Waals surface area contributed by atoms with E-state index in [-0.39, 0.29) is 18.1 Å². The minimum absolute atomic E-state index is 0.0374. The van der Waals surface area contributed by atoms with Crippen molar-refractivity contribution in [3.8, 4) is 0 Å². The molecule has 0 saturated carbocycles. The zero-order valence-corrected chi connectivity index (χ0v) is 11.9. The second-order valence-corrected chi connectivity index (χ2v) is 6.55. The summed E-state index contributed by atoms with van der Waals surface area (Å²) < 4.78 is 6.93. The summed E-state index contributed by atoms with van der Waals surface area (Å²) in [6.45, 7) is 1.91. The summed E-state index contributed by atoms with van der Waals surface area (Å²) in [5.74, 6) is 0.0374. The number of halogens is 2. The van der Waals surface area contributed by atoms with Crippen LogP contribution in [0.5, 0.6) is 0 Å². The summed E-state index contributed by atoms with van der Waals surface area (Å²) in [5, 5.41) is 2.99. The van der Waals surface area contributed by atoms with Crippen molar-refractivity contribution in [2.45, 2.75) is 12.2 Å². The summed E-state index contributed by atoms with van der Waals surface area (Å²) in [6.07, 6.45) is -0.0646. The number of carbonyl (C=O) groups excluding carboxylic acids is 1. The van der Waals surface area contributed by atoms with Gasteiger partial charge in [0.25, 0.3) is 0 Å². The van der Waals surface area contributed by atoms with Crippen LogP contribution in [0, 0.1) is 0 Å². The molecular weight excluding hydrogens is 328 g/mol. The number of nitrogens with one attached hydrogen (secondary N) is 1. The van der Waals surface area contributed by atoms with Crippen LogP contribution in [0.15, 0.2) is 10.5 Å². The molecule has 0 radical (unpaired) electrons. The highest BCUT2D eigenvalue weighted by Gasteiger charge is 2.42. The lowest BCUT2D eigenvalue weighted by atomic mass is 10.2. The largest absolute Gasteiger partial charge is 0.378 e. The van der Waals surface area contributed by atoms with Crippen molar-refractivity contribution >= 4 is 44.8 Å². The topological polar surface area (TPSA) is 41.6 Å². The van der Waals surface area contributed by atoms with Gasteiger partial charge in [-0.25, -0.2) is 0 Å². The van der Waals surface area contributed by atoms with Gasteiger partial charge in [0, 0.05) is 15.9 Å². The van der Waals surface area contributed by atoms with Crippen molar-refractivity contribution in [3.05, 3.63) is 19.8 Å².